The molecule has 17 heavy (non-hydrogen) atoms. The molecule has 2 rings (SSSR count). The molecule has 0 amide bonds. The van der Waals surface area contributed by atoms with Crippen molar-refractivity contribution >= 4 is 0 Å². The molecule has 2 atom stereocenters. The Morgan fingerprint density at radius 1 is 1.29 bits per heavy atom. The largest absolute Gasteiger partial charge is 0.0988 e. The lowest BCUT2D eigenvalue weighted by atomic mass is 9.66. The van der Waals surface area contributed by atoms with Gasteiger partial charge in [0.25, 0.3) is 0 Å². The van der Waals surface area contributed by atoms with Gasteiger partial charge in [-0.3, -0.25) is 0 Å². The van der Waals surface area contributed by atoms with E-state index in [0.29, 0.717) is 5.92 Å². The van der Waals surface area contributed by atoms with Crippen molar-refractivity contribution in [1.29, 1.82) is 0 Å². The average molecular weight is 224 g/mol. The molecule has 2 unspecified atom stereocenters. The van der Waals surface area contributed by atoms with Gasteiger partial charge in [-0.15, -0.1) is 0 Å². The van der Waals surface area contributed by atoms with E-state index in [9.17, 15) is 0 Å². The van der Waals surface area contributed by atoms with Crippen molar-refractivity contribution < 1.29 is 0 Å². The molecular weight excluding hydrogens is 204 g/mol. The first kappa shape index (κ1) is 11.9. The molecule has 0 nitrogen and oxygen atoms in total. The fourth-order valence-corrected chi connectivity index (χ4v) is 2.74. The van der Waals surface area contributed by atoms with Crippen LogP contribution < -0.4 is 0 Å². The maximum Gasteiger partial charge on any atom is 0.0175 e. The molecule has 0 saturated heterocycles. The van der Waals surface area contributed by atoms with E-state index in [1.54, 1.807) is 0 Å². The van der Waals surface area contributed by atoms with Crippen LogP contribution in [0.2, 0.25) is 0 Å². The Hall–Kier alpha value is -1.56. The number of aryl methyl sites for hydroxylation is 1. The predicted molar refractivity (Wildman–Crippen MR) is 75.1 cm³/mol. The minimum atomic E-state index is 0.0730. The van der Waals surface area contributed by atoms with E-state index in [1.165, 1.54) is 16.7 Å². The van der Waals surface area contributed by atoms with Gasteiger partial charge < -0.3 is 0 Å². The summed E-state index contributed by atoms with van der Waals surface area (Å²) in [6, 6.07) is 8.65. The summed E-state index contributed by atoms with van der Waals surface area (Å²) >= 11 is 0. The summed E-state index contributed by atoms with van der Waals surface area (Å²) < 4.78 is 0. The summed E-state index contributed by atoms with van der Waals surface area (Å²) in [6.07, 6.45) is 8.61. The van der Waals surface area contributed by atoms with Gasteiger partial charge in [0, 0.05) is 5.41 Å². The van der Waals surface area contributed by atoms with Gasteiger partial charge in [-0.25, -0.2) is 0 Å². The molecule has 0 heterocycles. The zero-order valence-electron chi connectivity index (χ0n) is 10.9. The summed E-state index contributed by atoms with van der Waals surface area (Å²) in [7, 11) is 0. The standard InChI is InChI=1S/C17H20/c1-5-15-10-8-12-17(4,14(15)3)16-11-7-6-9-13(16)2/h5-12,14H,1H2,2-4H3. The smallest absolute Gasteiger partial charge is 0.0175 e. The number of hydrogen-bond acceptors (Lipinski definition) is 0. The Morgan fingerprint density at radius 2 is 2.00 bits per heavy atom. The zero-order chi connectivity index (χ0) is 12.5. The van der Waals surface area contributed by atoms with Crippen LogP contribution in [-0.4, -0.2) is 0 Å². The predicted octanol–water partition coefficient (Wildman–Crippen LogP) is 4.57. The van der Waals surface area contributed by atoms with Crippen LogP contribution >= 0.6 is 0 Å². The lowest BCUT2D eigenvalue weighted by Crippen LogP contribution is -2.31. The Balaban J connectivity index is 2.52. The van der Waals surface area contributed by atoms with Crippen molar-refractivity contribution in [2.45, 2.75) is 26.2 Å². The molecule has 0 aliphatic heterocycles. The average Bonchev–Trinajstić information content (AvgIpc) is 2.33. The fraction of sp³-hybridized carbons (Fsp3) is 0.294. The summed E-state index contributed by atoms with van der Waals surface area (Å²) in [6.45, 7) is 10.7. The molecule has 1 aliphatic rings. The molecule has 0 bridgehead atoms. The van der Waals surface area contributed by atoms with Gasteiger partial charge in [-0.05, 0) is 29.5 Å². The van der Waals surface area contributed by atoms with Crippen molar-refractivity contribution in [3.63, 3.8) is 0 Å². The second kappa shape index (κ2) is 4.37. The van der Waals surface area contributed by atoms with Crippen molar-refractivity contribution in [2.24, 2.45) is 5.92 Å². The second-order valence-electron chi connectivity index (χ2n) is 5.05. The summed E-state index contributed by atoms with van der Waals surface area (Å²) in [5.41, 5.74) is 4.16. The highest BCUT2D eigenvalue weighted by molar-refractivity contribution is 5.45. The molecular formula is C17H20. The molecule has 1 aliphatic carbocycles. The van der Waals surface area contributed by atoms with Crippen LogP contribution in [0.4, 0.5) is 0 Å². The molecule has 0 spiro atoms. The fourth-order valence-electron chi connectivity index (χ4n) is 2.74. The Kier molecular flexibility index (Phi) is 3.06. The maximum atomic E-state index is 3.91. The van der Waals surface area contributed by atoms with E-state index in [1.807, 2.05) is 6.08 Å². The Morgan fingerprint density at radius 3 is 2.65 bits per heavy atom. The van der Waals surface area contributed by atoms with Gasteiger partial charge in [-0.1, -0.05) is 69.0 Å². The van der Waals surface area contributed by atoms with Crippen LogP contribution in [0.15, 0.2) is 60.7 Å². The molecule has 1 aromatic rings. The van der Waals surface area contributed by atoms with Crippen molar-refractivity contribution in [3.05, 3.63) is 71.8 Å². The Bertz CT molecular complexity index is 491. The van der Waals surface area contributed by atoms with Crippen LogP contribution in [0.5, 0.6) is 0 Å². The van der Waals surface area contributed by atoms with Crippen LogP contribution in [0.25, 0.3) is 0 Å². The number of rotatable bonds is 2. The zero-order valence-corrected chi connectivity index (χ0v) is 10.9. The van der Waals surface area contributed by atoms with Crippen LogP contribution in [0.1, 0.15) is 25.0 Å². The van der Waals surface area contributed by atoms with E-state index >= 15 is 0 Å². The van der Waals surface area contributed by atoms with Gasteiger partial charge in [0.2, 0.25) is 0 Å². The van der Waals surface area contributed by atoms with Crippen molar-refractivity contribution in [1.82, 2.24) is 0 Å². The molecule has 0 heteroatoms. The van der Waals surface area contributed by atoms with Gasteiger partial charge >= 0.3 is 0 Å². The normalized spacial score (nSPS) is 27.7. The molecule has 0 radical (unpaired) electrons. The molecule has 0 saturated carbocycles. The minimum absolute atomic E-state index is 0.0730. The third kappa shape index (κ3) is 1.88. The van der Waals surface area contributed by atoms with E-state index in [0.717, 1.165) is 0 Å². The summed E-state index contributed by atoms with van der Waals surface area (Å²) in [5, 5.41) is 0. The first-order valence-electron chi connectivity index (χ1n) is 6.17. The highest BCUT2D eigenvalue weighted by Gasteiger charge is 2.34. The third-order valence-corrected chi connectivity index (χ3v) is 4.09. The maximum absolute atomic E-state index is 3.91. The lowest BCUT2D eigenvalue weighted by Gasteiger charge is -2.37. The summed E-state index contributed by atoms with van der Waals surface area (Å²) in [5.74, 6) is 0.464. The second-order valence-corrected chi connectivity index (χ2v) is 5.05. The Labute approximate surface area is 104 Å². The first-order valence-corrected chi connectivity index (χ1v) is 6.17. The van der Waals surface area contributed by atoms with Gasteiger partial charge in [0.1, 0.15) is 0 Å². The molecule has 0 N–H and O–H groups in total. The number of hydrogen-bond donors (Lipinski definition) is 0. The van der Waals surface area contributed by atoms with E-state index in [2.05, 4.69) is 69.8 Å². The van der Waals surface area contributed by atoms with Crippen LogP contribution in [0, 0.1) is 12.8 Å². The molecule has 1 aromatic carbocycles. The van der Waals surface area contributed by atoms with Crippen molar-refractivity contribution in [2.75, 3.05) is 0 Å². The topological polar surface area (TPSA) is 0 Å². The van der Waals surface area contributed by atoms with Gasteiger partial charge in [-0.2, -0.15) is 0 Å². The quantitative estimate of drug-likeness (QED) is 0.690. The number of allylic oxidation sites excluding steroid dienone is 5. The van der Waals surface area contributed by atoms with Crippen LogP contribution in [0.3, 0.4) is 0 Å². The van der Waals surface area contributed by atoms with Crippen molar-refractivity contribution in [3.8, 4) is 0 Å². The highest BCUT2D eigenvalue weighted by atomic mass is 14.4. The van der Waals surface area contributed by atoms with E-state index in [4.69, 9.17) is 0 Å². The first-order chi connectivity index (χ1) is 8.09. The number of benzene rings is 1. The molecule has 0 aromatic heterocycles. The molecule has 0 fully saturated rings. The van der Waals surface area contributed by atoms with Gasteiger partial charge in [0.15, 0.2) is 0 Å². The third-order valence-electron chi connectivity index (χ3n) is 4.09. The SMILES string of the molecule is C=CC1=CC=CC(C)(c2ccccc2C)C1C. The monoisotopic (exact) mass is 224 g/mol. The molecule has 88 valence electrons. The van der Waals surface area contributed by atoms with Gasteiger partial charge in [0.05, 0.1) is 0 Å². The van der Waals surface area contributed by atoms with E-state index < -0.39 is 0 Å². The van der Waals surface area contributed by atoms with Crippen LogP contribution in [-0.2, 0) is 5.41 Å². The van der Waals surface area contributed by atoms with E-state index in [-0.39, 0.29) is 5.41 Å². The lowest BCUT2D eigenvalue weighted by molar-refractivity contribution is 0.441. The summed E-state index contributed by atoms with van der Waals surface area (Å²) in [4.78, 5) is 0. The highest BCUT2D eigenvalue weighted by Crippen LogP contribution is 2.41. The minimum Gasteiger partial charge on any atom is -0.0988 e.